The van der Waals surface area contributed by atoms with Gasteiger partial charge in [-0.3, -0.25) is 9.59 Å². The third kappa shape index (κ3) is 3.95. The molecule has 2 saturated heterocycles. The molecule has 2 amide bonds. The lowest BCUT2D eigenvalue weighted by Crippen LogP contribution is -2.54. The summed E-state index contributed by atoms with van der Waals surface area (Å²) in [6.45, 7) is 5.85. The fourth-order valence-electron chi connectivity index (χ4n) is 3.60. The number of benzene rings is 1. The van der Waals surface area contributed by atoms with E-state index in [0.717, 1.165) is 17.9 Å². The lowest BCUT2D eigenvalue weighted by molar-refractivity contribution is -0.148. The molecule has 0 unspecified atom stereocenters. The molecule has 0 spiro atoms. The van der Waals surface area contributed by atoms with E-state index in [-0.39, 0.29) is 29.9 Å². The number of anilines is 1. The van der Waals surface area contributed by atoms with E-state index in [1.807, 2.05) is 38.1 Å². The molecule has 136 valence electrons. The smallest absolute Gasteiger partial charge is 0.246 e. The summed E-state index contributed by atoms with van der Waals surface area (Å²) in [5, 5.41) is 0. The largest absolute Gasteiger partial charge is 0.497 e. The second-order valence-electron chi connectivity index (χ2n) is 7.30. The van der Waals surface area contributed by atoms with Crippen molar-refractivity contribution in [2.24, 2.45) is 5.92 Å². The molecule has 0 N–H and O–H groups in total. The van der Waals surface area contributed by atoms with Crippen LogP contribution in [0.2, 0.25) is 0 Å². The Morgan fingerprint density at radius 2 is 1.96 bits per heavy atom. The number of piperazine rings is 1. The minimum Gasteiger partial charge on any atom is -0.497 e. The summed E-state index contributed by atoms with van der Waals surface area (Å²) in [4.78, 5) is 28.8. The number of hydrogen-bond donors (Lipinski definition) is 0. The van der Waals surface area contributed by atoms with E-state index in [2.05, 4.69) is 0 Å². The lowest BCUT2D eigenvalue weighted by atomic mass is 9.87. The first-order valence-corrected chi connectivity index (χ1v) is 8.77. The van der Waals surface area contributed by atoms with Gasteiger partial charge >= 0.3 is 0 Å². The van der Waals surface area contributed by atoms with Gasteiger partial charge in [-0.25, -0.2) is 0 Å². The van der Waals surface area contributed by atoms with Crippen molar-refractivity contribution < 1.29 is 19.1 Å². The molecule has 2 heterocycles. The van der Waals surface area contributed by atoms with Crippen LogP contribution in [0.15, 0.2) is 24.3 Å². The highest BCUT2D eigenvalue weighted by Gasteiger charge is 2.37. The summed E-state index contributed by atoms with van der Waals surface area (Å²) < 4.78 is 10.8. The normalized spacial score (nSPS) is 23.5. The van der Waals surface area contributed by atoms with Gasteiger partial charge in [-0.05, 0) is 51.0 Å². The topological polar surface area (TPSA) is 59.1 Å². The van der Waals surface area contributed by atoms with E-state index in [1.54, 1.807) is 16.9 Å². The molecule has 2 aliphatic heterocycles. The first-order valence-electron chi connectivity index (χ1n) is 8.77. The number of nitrogens with zero attached hydrogens (tertiary/aromatic N) is 2. The molecule has 1 atom stereocenters. The molecule has 0 radical (unpaired) electrons. The zero-order chi connectivity index (χ0) is 18.0. The highest BCUT2D eigenvalue weighted by molar-refractivity contribution is 5.98. The SMILES string of the molecule is COc1ccc(N2CCN(C(=O)[C@H]3CCOC(C)(C)C3)CC2=O)cc1. The monoisotopic (exact) mass is 346 g/mol. The van der Waals surface area contributed by atoms with Crippen molar-refractivity contribution in [3.8, 4) is 5.75 Å². The summed E-state index contributed by atoms with van der Waals surface area (Å²) in [7, 11) is 1.61. The number of ether oxygens (including phenoxy) is 2. The Bertz CT molecular complexity index is 641. The van der Waals surface area contributed by atoms with Crippen molar-refractivity contribution >= 4 is 17.5 Å². The molecule has 0 bridgehead atoms. The van der Waals surface area contributed by atoms with Crippen molar-refractivity contribution in [1.82, 2.24) is 4.90 Å². The first kappa shape index (κ1) is 17.7. The first-order chi connectivity index (χ1) is 11.9. The predicted octanol–water partition coefficient (Wildman–Crippen LogP) is 2.08. The van der Waals surface area contributed by atoms with Crippen LogP contribution >= 0.6 is 0 Å². The zero-order valence-electron chi connectivity index (χ0n) is 15.2. The van der Waals surface area contributed by atoms with Crippen molar-refractivity contribution in [3.63, 3.8) is 0 Å². The van der Waals surface area contributed by atoms with Crippen LogP contribution in [-0.4, -0.2) is 55.7 Å². The maximum absolute atomic E-state index is 12.8. The number of carbonyl (C=O) groups excluding carboxylic acids is 2. The molecule has 2 aliphatic rings. The van der Waals surface area contributed by atoms with Gasteiger partial charge in [0.25, 0.3) is 0 Å². The number of amides is 2. The van der Waals surface area contributed by atoms with Gasteiger partial charge in [-0.2, -0.15) is 0 Å². The Kier molecular flexibility index (Phi) is 4.99. The van der Waals surface area contributed by atoms with E-state index >= 15 is 0 Å². The number of methoxy groups -OCH3 is 1. The van der Waals surface area contributed by atoms with E-state index in [1.165, 1.54) is 0 Å². The Balaban J connectivity index is 1.63. The average molecular weight is 346 g/mol. The molecule has 6 nitrogen and oxygen atoms in total. The molecule has 0 aliphatic carbocycles. The highest BCUT2D eigenvalue weighted by atomic mass is 16.5. The summed E-state index contributed by atoms with van der Waals surface area (Å²) in [5.41, 5.74) is 0.568. The zero-order valence-corrected chi connectivity index (χ0v) is 15.2. The van der Waals surface area contributed by atoms with Crippen molar-refractivity contribution in [2.75, 3.05) is 38.3 Å². The minimum absolute atomic E-state index is 0.0453. The van der Waals surface area contributed by atoms with Crippen LogP contribution in [-0.2, 0) is 14.3 Å². The van der Waals surface area contributed by atoms with E-state index in [4.69, 9.17) is 9.47 Å². The third-order valence-corrected chi connectivity index (χ3v) is 4.96. The van der Waals surface area contributed by atoms with Crippen LogP contribution in [0.25, 0.3) is 0 Å². The van der Waals surface area contributed by atoms with Crippen LogP contribution in [0.3, 0.4) is 0 Å². The maximum atomic E-state index is 12.8. The molecule has 3 rings (SSSR count). The third-order valence-electron chi connectivity index (χ3n) is 4.96. The van der Waals surface area contributed by atoms with Gasteiger partial charge in [0.15, 0.2) is 0 Å². The highest BCUT2D eigenvalue weighted by Crippen LogP contribution is 2.30. The van der Waals surface area contributed by atoms with E-state index in [9.17, 15) is 9.59 Å². The number of hydrogen-bond acceptors (Lipinski definition) is 4. The van der Waals surface area contributed by atoms with Gasteiger partial charge in [-0.1, -0.05) is 0 Å². The summed E-state index contributed by atoms with van der Waals surface area (Å²) in [6.07, 6.45) is 1.44. The van der Waals surface area contributed by atoms with Gasteiger partial charge in [0.05, 0.1) is 12.7 Å². The van der Waals surface area contributed by atoms with Crippen LogP contribution in [0.5, 0.6) is 5.75 Å². The molecule has 0 aromatic heterocycles. The standard InChI is InChI=1S/C19H26N2O4/c1-19(2)12-14(8-11-25-19)18(23)20-9-10-21(17(22)13-20)15-4-6-16(24-3)7-5-15/h4-7,14H,8-13H2,1-3H3/t14-/m0/s1. The molecule has 1 aromatic rings. The number of carbonyl (C=O) groups is 2. The molecule has 25 heavy (non-hydrogen) atoms. The molecule has 6 heteroatoms. The minimum atomic E-state index is -0.270. The Labute approximate surface area is 148 Å². The van der Waals surface area contributed by atoms with E-state index < -0.39 is 0 Å². The second kappa shape index (κ2) is 7.04. The van der Waals surface area contributed by atoms with E-state index in [0.29, 0.717) is 26.1 Å². The fraction of sp³-hybridized carbons (Fsp3) is 0.579. The van der Waals surface area contributed by atoms with Crippen LogP contribution < -0.4 is 9.64 Å². The van der Waals surface area contributed by atoms with Crippen molar-refractivity contribution in [1.29, 1.82) is 0 Å². The summed E-state index contributed by atoms with van der Waals surface area (Å²) in [5.74, 6) is 0.742. The Morgan fingerprint density at radius 1 is 1.24 bits per heavy atom. The number of rotatable bonds is 3. The molecular weight excluding hydrogens is 320 g/mol. The fourth-order valence-corrected chi connectivity index (χ4v) is 3.60. The molecule has 2 fully saturated rings. The maximum Gasteiger partial charge on any atom is 0.246 e. The quantitative estimate of drug-likeness (QED) is 0.841. The predicted molar refractivity (Wildman–Crippen MR) is 94.7 cm³/mol. The summed E-state index contributed by atoms with van der Waals surface area (Å²) >= 11 is 0. The lowest BCUT2D eigenvalue weighted by Gasteiger charge is -2.39. The van der Waals surface area contributed by atoms with Crippen LogP contribution in [0.1, 0.15) is 26.7 Å². The van der Waals surface area contributed by atoms with Gasteiger partial charge in [0.2, 0.25) is 11.8 Å². The van der Waals surface area contributed by atoms with Gasteiger partial charge < -0.3 is 19.3 Å². The molecule has 0 saturated carbocycles. The summed E-state index contributed by atoms with van der Waals surface area (Å²) in [6, 6.07) is 7.42. The molecule has 1 aromatic carbocycles. The van der Waals surface area contributed by atoms with Gasteiger partial charge in [0, 0.05) is 31.3 Å². The van der Waals surface area contributed by atoms with Crippen LogP contribution in [0.4, 0.5) is 5.69 Å². The van der Waals surface area contributed by atoms with Crippen molar-refractivity contribution in [3.05, 3.63) is 24.3 Å². The van der Waals surface area contributed by atoms with Gasteiger partial charge in [0.1, 0.15) is 12.3 Å². The van der Waals surface area contributed by atoms with Gasteiger partial charge in [-0.15, -0.1) is 0 Å². The Hall–Kier alpha value is -2.08. The average Bonchev–Trinajstić information content (AvgIpc) is 2.60. The molecular formula is C19H26N2O4. The van der Waals surface area contributed by atoms with Crippen LogP contribution in [0, 0.1) is 5.92 Å². The Morgan fingerprint density at radius 3 is 2.56 bits per heavy atom. The van der Waals surface area contributed by atoms with Crippen molar-refractivity contribution in [2.45, 2.75) is 32.3 Å². The second-order valence-corrected chi connectivity index (χ2v) is 7.30.